The van der Waals surface area contributed by atoms with E-state index < -0.39 is 30.8 Å². The van der Waals surface area contributed by atoms with Crippen LogP contribution in [0, 0.1) is 17.7 Å². The van der Waals surface area contributed by atoms with E-state index in [1.807, 2.05) is 19.1 Å². The van der Waals surface area contributed by atoms with E-state index in [4.69, 9.17) is 18.9 Å². The summed E-state index contributed by atoms with van der Waals surface area (Å²) < 4.78 is 64.9. The summed E-state index contributed by atoms with van der Waals surface area (Å²) in [5.74, 6) is -1.27. The second kappa shape index (κ2) is 8.85. The Morgan fingerprint density at radius 2 is 1.77 bits per heavy atom. The van der Waals surface area contributed by atoms with E-state index in [-0.39, 0.29) is 11.8 Å². The minimum absolute atomic E-state index is 0.0934. The van der Waals surface area contributed by atoms with E-state index >= 15 is 0 Å². The van der Waals surface area contributed by atoms with Crippen LogP contribution in [0.5, 0.6) is 5.75 Å². The first-order chi connectivity index (χ1) is 12.6. The Hall–Kier alpha value is -1.61. The van der Waals surface area contributed by atoms with Crippen molar-refractivity contribution in [1.82, 2.24) is 0 Å². The van der Waals surface area contributed by atoms with Crippen molar-refractivity contribution in [2.24, 2.45) is 11.8 Å². The highest BCUT2D eigenvalue weighted by Crippen LogP contribution is 2.31. The molecule has 1 aromatic rings. The number of hydrogen-bond acceptors (Lipinski definition) is 5. The lowest BCUT2D eigenvalue weighted by molar-refractivity contribution is -0.280. The third kappa shape index (κ3) is 4.76. The van der Waals surface area contributed by atoms with Crippen molar-refractivity contribution in [2.45, 2.75) is 26.1 Å². The maximum absolute atomic E-state index is 13.8. The van der Waals surface area contributed by atoms with E-state index in [0.717, 1.165) is 12.1 Å². The fourth-order valence-corrected chi connectivity index (χ4v) is 2.91. The van der Waals surface area contributed by atoms with Gasteiger partial charge in [-0.25, -0.2) is 4.39 Å². The minimum Gasteiger partial charge on any atom is -0.432 e. The summed E-state index contributed by atoms with van der Waals surface area (Å²) in [5, 5.41) is 0. The molecule has 0 atom stereocenters. The van der Waals surface area contributed by atoms with Crippen molar-refractivity contribution in [3.63, 3.8) is 0 Å². The molecule has 0 aromatic heterocycles. The number of halogens is 3. The van der Waals surface area contributed by atoms with Crippen LogP contribution >= 0.6 is 0 Å². The van der Waals surface area contributed by atoms with Crippen molar-refractivity contribution in [3.8, 4) is 5.75 Å². The van der Waals surface area contributed by atoms with Crippen molar-refractivity contribution >= 4 is 0 Å². The highest BCUT2D eigenvalue weighted by molar-refractivity contribution is 5.30. The molecular weight excluding hydrogens is 353 g/mol. The molecule has 0 spiro atoms. The summed E-state index contributed by atoms with van der Waals surface area (Å²) in [6, 6.07) is 3.63. The van der Waals surface area contributed by atoms with Gasteiger partial charge in [0, 0.05) is 11.5 Å². The molecule has 0 aliphatic carbocycles. The van der Waals surface area contributed by atoms with Crippen LogP contribution in [0.3, 0.4) is 0 Å². The largest absolute Gasteiger partial charge is 0.432 e. The van der Waals surface area contributed by atoms with Gasteiger partial charge in [0.05, 0.1) is 32.3 Å². The second-order valence-electron chi connectivity index (χ2n) is 6.15. The van der Waals surface area contributed by atoms with Crippen LogP contribution in [-0.2, 0) is 18.9 Å². The number of ether oxygens (including phenoxy) is 5. The Morgan fingerprint density at radius 3 is 2.35 bits per heavy atom. The Morgan fingerprint density at radius 1 is 1.08 bits per heavy atom. The average molecular weight is 374 g/mol. The Balaban J connectivity index is 1.52. The van der Waals surface area contributed by atoms with Crippen molar-refractivity contribution in [2.75, 3.05) is 26.4 Å². The minimum atomic E-state index is -3.08. The van der Waals surface area contributed by atoms with E-state index in [9.17, 15) is 13.2 Å². The molecule has 2 aliphatic heterocycles. The van der Waals surface area contributed by atoms with Gasteiger partial charge in [-0.2, -0.15) is 8.78 Å². The van der Waals surface area contributed by atoms with Gasteiger partial charge in [-0.1, -0.05) is 18.2 Å². The first-order valence-electron chi connectivity index (χ1n) is 8.40. The molecule has 2 heterocycles. The number of benzene rings is 1. The van der Waals surface area contributed by atoms with Crippen LogP contribution < -0.4 is 4.74 Å². The van der Waals surface area contributed by atoms with Crippen LogP contribution in [0.2, 0.25) is 0 Å². The van der Waals surface area contributed by atoms with E-state index in [1.165, 1.54) is 6.07 Å². The monoisotopic (exact) mass is 374 g/mol. The highest BCUT2D eigenvalue weighted by atomic mass is 19.3. The fraction of sp³-hybridized carbons (Fsp3) is 0.556. The summed E-state index contributed by atoms with van der Waals surface area (Å²) in [5.41, 5.74) is 0.390. The van der Waals surface area contributed by atoms with Crippen LogP contribution in [0.25, 0.3) is 0 Å². The topological polar surface area (TPSA) is 46.2 Å². The molecule has 0 N–H and O–H groups in total. The van der Waals surface area contributed by atoms with Gasteiger partial charge in [-0.15, -0.1) is 0 Å². The lowest BCUT2D eigenvalue weighted by Crippen LogP contribution is -2.42. The van der Waals surface area contributed by atoms with E-state index in [0.29, 0.717) is 32.0 Å². The van der Waals surface area contributed by atoms with Crippen LogP contribution in [0.15, 0.2) is 30.4 Å². The van der Waals surface area contributed by atoms with Crippen LogP contribution in [0.4, 0.5) is 13.2 Å². The fourth-order valence-electron chi connectivity index (χ4n) is 2.91. The summed E-state index contributed by atoms with van der Waals surface area (Å²) in [4.78, 5) is 0. The summed E-state index contributed by atoms with van der Waals surface area (Å²) in [6.07, 6.45) is 2.82. The molecule has 3 rings (SSSR count). The predicted octanol–water partition coefficient (Wildman–Crippen LogP) is 3.65. The normalized spacial score (nSPS) is 30.0. The number of alkyl halides is 2. The molecule has 2 saturated heterocycles. The number of allylic oxidation sites excluding steroid dienone is 1. The van der Waals surface area contributed by atoms with Gasteiger partial charge in [-0.05, 0) is 19.1 Å². The van der Waals surface area contributed by atoms with Crippen molar-refractivity contribution in [1.29, 1.82) is 0 Å². The third-order valence-corrected chi connectivity index (χ3v) is 4.17. The maximum atomic E-state index is 13.8. The predicted molar refractivity (Wildman–Crippen MR) is 85.2 cm³/mol. The van der Waals surface area contributed by atoms with Gasteiger partial charge in [0.2, 0.25) is 0 Å². The summed E-state index contributed by atoms with van der Waals surface area (Å²) >= 11 is 0. The Labute approximate surface area is 149 Å². The molecule has 0 amide bonds. The van der Waals surface area contributed by atoms with E-state index in [1.54, 1.807) is 0 Å². The molecule has 144 valence electrons. The number of hydrogen-bond donors (Lipinski definition) is 0. The maximum Gasteiger partial charge on any atom is 0.387 e. The lowest BCUT2D eigenvalue weighted by Gasteiger charge is -2.37. The zero-order chi connectivity index (χ0) is 18.5. The molecule has 1 aromatic carbocycles. The molecule has 0 bridgehead atoms. The van der Waals surface area contributed by atoms with Gasteiger partial charge in [0.15, 0.2) is 24.1 Å². The summed E-state index contributed by atoms with van der Waals surface area (Å²) in [6.45, 7) is 0.656. The number of rotatable bonds is 5. The van der Waals surface area contributed by atoms with Crippen molar-refractivity contribution in [3.05, 3.63) is 41.7 Å². The zero-order valence-corrected chi connectivity index (χ0v) is 14.3. The summed E-state index contributed by atoms with van der Waals surface area (Å²) in [7, 11) is 0. The molecule has 26 heavy (non-hydrogen) atoms. The Bertz CT molecular complexity index is 609. The third-order valence-electron chi connectivity index (χ3n) is 4.17. The van der Waals surface area contributed by atoms with Gasteiger partial charge < -0.3 is 23.7 Å². The molecule has 0 radical (unpaired) electrons. The quantitative estimate of drug-likeness (QED) is 0.737. The Kier molecular flexibility index (Phi) is 6.53. The first-order valence-corrected chi connectivity index (χ1v) is 8.40. The van der Waals surface area contributed by atoms with E-state index in [2.05, 4.69) is 4.74 Å². The van der Waals surface area contributed by atoms with Crippen molar-refractivity contribution < 1.29 is 36.9 Å². The van der Waals surface area contributed by atoms with Gasteiger partial charge in [-0.3, -0.25) is 0 Å². The zero-order valence-electron chi connectivity index (χ0n) is 14.3. The second-order valence-corrected chi connectivity index (χ2v) is 6.15. The molecule has 2 aliphatic rings. The smallest absolute Gasteiger partial charge is 0.387 e. The van der Waals surface area contributed by atoms with Gasteiger partial charge in [0.25, 0.3) is 0 Å². The molecule has 0 saturated carbocycles. The lowest BCUT2D eigenvalue weighted by atomic mass is 10.1. The molecule has 8 heteroatoms. The molecule has 0 unspecified atom stereocenters. The SMILES string of the molecule is C/C=C/C1COC(C2COC(c3ccc(OC(F)F)c(F)c3)OC2)OC1. The average Bonchev–Trinajstić information content (AvgIpc) is 2.64. The van der Waals surface area contributed by atoms with Crippen LogP contribution in [-0.4, -0.2) is 39.3 Å². The standard InChI is InChI=1S/C18H21F3O5/c1-2-3-11-7-22-17(23-8-11)13-9-24-16(25-10-13)12-4-5-15(14(19)6-12)26-18(20)21/h2-6,11,13,16-18H,7-10H2,1H3/b3-2+. The first kappa shape index (κ1) is 19.2. The molecule has 5 nitrogen and oxygen atoms in total. The molecule has 2 fully saturated rings. The molecular formula is C18H21F3O5. The van der Waals surface area contributed by atoms with Gasteiger partial charge in [0.1, 0.15) is 0 Å². The van der Waals surface area contributed by atoms with Gasteiger partial charge >= 0.3 is 6.61 Å². The van der Waals surface area contributed by atoms with Crippen LogP contribution in [0.1, 0.15) is 18.8 Å². The highest BCUT2D eigenvalue weighted by Gasteiger charge is 2.34.